The van der Waals surface area contributed by atoms with Crippen molar-refractivity contribution in [1.82, 2.24) is 0 Å². The van der Waals surface area contributed by atoms with Crippen molar-refractivity contribution < 1.29 is 13.9 Å². The van der Waals surface area contributed by atoms with E-state index >= 15 is 0 Å². The Balaban J connectivity index is 2.16. The first-order valence-electron chi connectivity index (χ1n) is 6.46. The molecule has 0 amide bonds. The summed E-state index contributed by atoms with van der Waals surface area (Å²) in [7, 11) is 0. The van der Waals surface area contributed by atoms with Crippen LogP contribution in [0.4, 0.5) is 4.39 Å². The highest BCUT2D eigenvalue weighted by molar-refractivity contribution is 5.81. The molecule has 102 valence electrons. The summed E-state index contributed by atoms with van der Waals surface area (Å²) in [5.74, 6) is 0.0301. The molecule has 1 unspecified atom stereocenters. The molecule has 0 radical (unpaired) electrons. The third-order valence-corrected chi connectivity index (χ3v) is 3.61. The first-order chi connectivity index (χ1) is 9.48. The van der Waals surface area contributed by atoms with E-state index in [-0.39, 0.29) is 5.82 Å². The maximum Gasteiger partial charge on any atom is 0.144 e. The Morgan fingerprint density at radius 3 is 2.55 bits per heavy atom. The van der Waals surface area contributed by atoms with E-state index in [1.807, 2.05) is 25.1 Å². The molecule has 1 aromatic heterocycles. The maximum absolute atomic E-state index is 13.3. The number of fused-ring (bicyclic) bond motifs is 1. The number of benzene rings is 2. The molecular weight excluding hydrogens is 255 g/mol. The minimum Gasteiger partial charge on any atom is -0.457 e. The molecule has 0 saturated heterocycles. The fourth-order valence-electron chi connectivity index (χ4n) is 2.38. The Labute approximate surface area is 116 Å². The predicted molar refractivity (Wildman–Crippen MR) is 76.0 cm³/mol. The summed E-state index contributed by atoms with van der Waals surface area (Å²) < 4.78 is 19.1. The lowest BCUT2D eigenvalue weighted by Gasteiger charge is -2.21. The molecule has 0 aliphatic rings. The van der Waals surface area contributed by atoms with Gasteiger partial charge in [-0.15, -0.1) is 0 Å². The molecule has 0 bridgehead atoms. The fourth-order valence-corrected chi connectivity index (χ4v) is 2.38. The van der Waals surface area contributed by atoms with Crippen LogP contribution < -0.4 is 0 Å². The Bertz CT molecular complexity index is 772. The highest BCUT2D eigenvalue weighted by Crippen LogP contribution is 2.34. The SMILES string of the molecule is Cc1cccc2cc(C(C)(O)c3cccc(F)c3)oc12. The van der Waals surface area contributed by atoms with Crippen LogP contribution in [0, 0.1) is 12.7 Å². The highest BCUT2D eigenvalue weighted by Gasteiger charge is 2.30. The van der Waals surface area contributed by atoms with Crippen LogP contribution in [0.15, 0.2) is 52.9 Å². The minimum atomic E-state index is -1.37. The summed E-state index contributed by atoms with van der Waals surface area (Å²) in [5, 5.41) is 11.6. The van der Waals surface area contributed by atoms with E-state index < -0.39 is 5.60 Å². The number of halogens is 1. The van der Waals surface area contributed by atoms with Gasteiger partial charge in [0.2, 0.25) is 0 Å². The molecular formula is C17H15FO2. The van der Waals surface area contributed by atoms with Crippen LogP contribution in [0.25, 0.3) is 11.0 Å². The van der Waals surface area contributed by atoms with Crippen LogP contribution in [0.2, 0.25) is 0 Å². The standard InChI is InChI=1S/C17H15FO2/c1-11-5-3-6-12-9-15(20-16(11)12)17(2,19)13-7-4-8-14(18)10-13/h3-10,19H,1-2H3. The lowest BCUT2D eigenvalue weighted by atomic mass is 9.93. The van der Waals surface area contributed by atoms with Gasteiger partial charge >= 0.3 is 0 Å². The number of para-hydroxylation sites is 1. The van der Waals surface area contributed by atoms with Gasteiger partial charge in [-0.3, -0.25) is 0 Å². The first kappa shape index (κ1) is 12.9. The van der Waals surface area contributed by atoms with E-state index in [9.17, 15) is 9.50 Å². The third-order valence-electron chi connectivity index (χ3n) is 3.61. The molecule has 1 heterocycles. The molecule has 2 nitrogen and oxygen atoms in total. The summed E-state index contributed by atoms with van der Waals surface area (Å²) in [6, 6.07) is 13.5. The normalized spacial score (nSPS) is 14.4. The van der Waals surface area contributed by atoms with E-state index in [4.69, 9.17) is 4.42 Å². The highest BCUT2D eigenvalue weighted by atomic mass is 19.1. The molecule has 20 heavy (non-hydrogen) atoms. The fraction of sp³-hybridized carbons (Fsp3) is 0.176. The van der Waals surface area contributed by atoms with Gasteiger partial charge in [0.05, 0.1) is 0 Å². The van der Waals surface area contributed by atoms with Gasteiger partial charge in [-0.05, 0) is 43.2 Å². The second-order valence-corrected chi connectivity index (χ2v) is 5.19. The molecule has 0 fully saturated rings. The van der Waals surface area contributed by atoms with Crippen molar-refractivity contribution in [2.24, 2.45) is 0 Å². The van der Waals surface area contributed by atoms with Crippen molar-refractivity contribution in [2.45, 2.75) is 19.4 Å². The molecule has 1 atom stereocenters. The lowest BCUT2D eigenvalue weighted by molar-refractivity contribution is 0.0783. The van der Waals surface area contributed by atoms with Crippen LogP contribution in [0.5, 0.6) is 0 Å². The van der Waals surface area contributed by atoms with Crippen LogP contribution in [0.3, 0.4) is 0 Å². The number of furan rings is 1. The summed E-state index contributed by atoms with van der Waals surface area (Å²) >= 11 is 0. The van der Waals surface area contributed by atoms with E-state index in [0.717, 1.165) is 16.5 Å². The van der Waals surface area contributed by atoms with Gasteiger partial charge in [-0.2, -0.15) is 0 Å². The Hall–Kier alpha value is -2.13. The zero-order valence-electron chi connectivity index (χ0n) is 11.4. The van der Waals surface area contributed by atoms with Gasteiger partial charge in [0.1, 0.15) is 22.8 Å². The second kappa shape index (κ2) is 4.46. The topological polar surface area (TPSA) is 33.4 Å². The monoisotopic (exact) mass is 270 g/mol. The van der Waals surface area contributed by atoms with Gasteiger partial charge < -0.3 is 9.52 Å². The maximum atomic E-state index is 13.3. The van der Waals surface area contributed by atoms with Crippen molar-refractivity contribution in [3.8, 4) is 0 Å². The van der Waals surface area contributed by atoms with Crippen molar-refractivity contribution >= 4 is 11.0 Å². The summed E-state index contributed by atoms with van der Waals surface area (Å²) in [5.41, 5.74) is 0.852. The molecule has 2 aromatic carbocycles. The molecule has 0 aliphatic heterocycles. The number of hydrogen-bond donors (Lipinski definition) is 1. The van der Waals surface area contributed by atoms with E-state index in [2.05, 4.69) is 0 Å². The van der Waals surface area contributed by atoms with Gasteiger partial charge in [-0.25, -0.2) is 4.39 Å². The summed E-state index contributed by atoms with van der Waals surface area (Å²) in [6.07, 6.45) is 0. The summed E-state index contributed by atoms with van der Waals surface area (Å²) in [6.45, 7) is 3.56. The van der Waals surface area contributed by atoms with Crippen LogP contribution in [-0.4, -0.2) is 5.11 Å². The van der Waals surface area contributed by atoms with E-state index in [1.54, 1.807) is 25.1 Å². The average Bonchev–Trinajstić information content (AvgIpc) is 2.85. The van der Waals surface area contributed by atoms with Gasteiger partial charge in [0.25, 0.3) is 0 Å². The number of aliphatic hydroxyl groups is 1. The molecule has 3 aromatic rings. The molecule has 0 aliphatic carbocycles. The molecule has 0 spiro atoms. The quantitative estimate of drug-likeness (QED) is 0.759. The Morgan fingerprint density at radius 1 is 1.10 bits per heavy atom. The van der Waals surface area contributed by atoms with Crippen LogP contribution >= 0.6 is 0 Å². The zero-order chi connectivity index (χ0) is 14.3. The minimum absolute atomic E-state index is 0.380. The van der Waals surface area contributed by atoms with Crippen LogP contribution in [0.1, 0.15) is 23.8 Å². The third kappa shape index (κ3) is 2.00. The number of rotatable bonds is 2. The molecule has 3 rings (SSSR count). The second-order valence-electron chi connectivity index (χ2n) is 5.19. The average molecular weight is 270 g/mol. The molecule has 3 heteroatoms. The van der Waals surface area contributed by atoms with Crippen LogP contribution in [-0.2, 0) is 5.60 Å². The van der Waals surface area contributed by atoms with Gasteiger partial charge in [0.15, 0.2) is 0 Å². The Kier molecular flexibility index (Phi) is 2.87. The van der Waals surface area contributed by atoms with E-state index in [1.165, 1.54) is 12.1 Å². The zero-order valence-corrected chi connectivity index (χ0v) is 11.4. The van der Waals surface area contributed by atoms with Crippen molar-refractivity contribution in [2.75, 3.05) is 0 Å². The largest absolute Gasteiger partial charge is 0.457 e. The number of aryl methyl sites for hydroxylation is 1. The molecule has 0 saturated carbocycles. The number of hydrogen-bond acceptors (Lipinski definition) is 2. The molecule has 1 N–H and O–H groups in total. The van der Waals surface area contributed by atoms with Crippen molar-refractivity contribution in [1.29, 1.82) is 0 Å². The predicted octanol–water partition coefficient (Wildman–Crippen LogP) is 4.14. The smallest absolute Gasteiger partial charge is 0.144 e. The first-order valence-corrected chi connectivity index (χ1v) is 6.46. The Morgan fingerprint density at radius 2 is 1.85 bits per heavy atom. The van der Waals surface area contributed by atoms with Gasteiger partial charge in [0, 0.05) is 5.39 Å². The lowest BCUT2D eigenvalue weighted by Crippen LogP contribution is -2.22. The van der Waals surface area contributed by atoms with Crippen molar-refractivity contribution in [3.05, 3.63) is 71.2 Å². The van der Waals surface area contributed by atoms with E-state index in [0.29, 0.717) is 11.3 Å². The van der Waals surface area contributed by atoms with Gasteiger partial charge in [-0.1, -0.05) is 30.3 Å². The summed E-state index contributed by atoms with van der Waals surface area (Å²) in [4.78, 5) is 0. The van der Waals surface area contributed by atoms with Crippen molar-refractivity contribution in [3.63, 3.8) is 0 Å².